The maximum absolute atomic E-state index is 12.4. The van der Waals surface area contributed by atoms with Crippen LogP contribution in [0.3, 0.4) is 0 Å². The van der Waals surface area contributed by atoms with Gasteiger partial charge in [-0.2, -0.15) is 0 Å². The average Bonchev–Trinajstić information content (AvgIpc) is 3.49. The van der Waals surface area contributed by atoms with Crippen LogP contribution < -0.4 is 9.47 Å². The van der Waals surface area contributed by atoms with Crippen LogP contribution in [0.25, 0.3) is 10.8 Å². The fourth-order valence-electron chi connectivity index (χ4n) is 4.75. The van der Waals surface area contributed by atoms with Gasteiger partial charge in [-0.05, 0) is 66.6 Å². The molecule has 6 nitrogen and oxygen atoms in total. The second-order valence-electron chi connectivity index (χ2n) is 8.22. The Morgan fingerprint density at radius 2 is 1.84 bits per heavy atom. The Morgan fingerprint density at radius 1 is 1.10 bits per heavy atom. The zero-order valence-electron chi connectivity index (χ0n) is 17.5. The molecule has 1 aromatic heterocycles. The smallest absolute Gasteiger partial charge is 0.410 e. The number of amides is 1. The second kappa shape index (κ2) is 8.75. The molecule has 7 heteroatoms. The normalized spacial score (nSPS) is 22.5. The van der Waals surface area contributed by atoms with E-state index in [2.05, 4.69) is 29.2 Å². The van der Waals surface area contributed by atoms with Gasteiger partial charge in [0.25, 0.3) is 0 Å². The lowest BCUT2D eigenvalue weighted by atomic mass is 10.0. The molecule has 0 bridgehead atoms. The molecule has 5 rings (SSSR count). The van der Waals surface area contributed by atoms with Gasteiger partial charge in [0, 0.05) is 24.7 Å². The Balaban J connectivity index is 1.15. The van der Waals surface area contributed by atoms with Crippen molar-refractivity contribution in [1.82, 2.24) is 9.88 Å². The summed E-state index contributed by atoms with van der Waals surface area (Å²) in [4.78, 5) is 18.4. The molecule has 0 radical (unpaired) electrons. The Kier molecular flexibility index (Phi) is 5.68. The van der Waals surface area contributed by atoms with Crippen molar-refractivity contribution in [1.29, 1.82) is 0 Å². The van der Waals surface area contributed by atoms with Crippen molar-refractivity contribution in [2.75, 3.05) is 19.7 Å². The van der Waals surface area contributed by atoms with Gasteiger partial charge in [-0.1, -0.05) is 12.1 Å². The number of fused-ring (bicyclic) bond motifs is 2. The SMILES string of the molecule is CCOc1ccc2ccc(OC3C[C@@H]4CN(C(=O)OCc5nccs5)C[C@@H]4C3)cc2c1. The van der Waals surface area contributed by atoms with E-state index in [0.29, 0.717) is 18.4 Å². The lowest BCUT2D eigenvalue weighted by Gasteiger charge is -2.20. The Morgan fingerprint density at radius 3 is 2.55 bits per heavy atom. The fraction of sp³-hybridized carbons (Fsp3) is 0.417. The van der Waals surface area contributed by atoms with Crippen molar-refractivity contribution >= 4 is 28.2 Å². The lowest BCUT2D eigenvalue weighted by Crippen LogP contribution is -2.31. The minimum atomic E-state index is -0.235. The minimum absolute atomic E-state index is 0.191. The third-order valence-corrected chi connectivity index (χ3v) is 6.92. The van der Waals surface area contributed by atoms with Gasteiger partial charge in [0.1, 0.15) is 23.1 Å². The van der Waals surface area contributed by atoms with Gasteiger partial charge in [0.2, 0.25) is 0 Å². The monoisotopic (exact) mass is 438 g/mol. The molecule has 1 saturated carbocycles. The van der Waals surface area contributed by atoms with Crippen LogP contribution in [-0.4, -0.2) is 41.8 Å². The first-order valence-corrected chi connectivity index (χ1v) is 11.7. The van der Waals surface area contributed by atoms with E-state index in [9.17, 15) is 4.79 Å². The topological polar surface area (TPSA) is 60.9 Å². The number of aromatic nitrogens is 1. The van der Waals surface area contributed by atoms with Gasteiger partial charge in [-0.15, -0.1) is 11.3 Å². The number of thiazole rings is 1. The van der Waals surface area contributed by atoms with Crippen molar-refractivity contribution < 1.29 is 19.0 Å². The summed E-state index contributed by atoms with van der Waals surface area (Å²) in [6.45, 7) is 4.39. The molecule has 3 aromatic rings. The highest BCUT2D eigenvalue weighted by atomic mass is 32.1. The van der Waals surface area contributed by atoms with Gasteiger partial charge in [-0.3, -0.25) is 0 Å². The summed E-state index contributed by atoms with van der Waals surface area (Å²) in [5.41, 5.74) is 0. The molecule has 2 fully saturated rings. The van der Waals surface area contributed by atoms with E-state index in [1.54, 1.807) is 6.20 Å². The largest absolute Gasteiger partial charge is 0.494 e. The van der Waals surface area contributed by atoms with E-state index in [1.165, 1.54) is 16.7 Å². The number of benzene rings is 2. The van der Waals surface area contributed by atoms with Crippen LogP contribution in [0.15, 0.2) is 48.0 Å². The van der Waals surface area contributed by atoms with Crippen molar-refractivity contribution in [2.24, 2.45) is 11.8 Å². The number of carbonyl (C=O) groups is 1. The van der Waals surface area contributed by atoms with E-state index >= 15 is 0 Å². The molecule has 31 heavy (non-hydrogen) atoms. The van der Waals surface area contributed by atoms with E-state index in [4.69, 9.17) is 14.2 Å². The summed E-state index contributed by atoms with van der Waals surface area (Å²) in [6.07, 6.45) is 3.62. The van der Waals surface area contributed by atoms with Crippen LogP contribution in [0.1, 0.15) is 24.8 Å². The molecule has 2 aromatic carbocycles. The predicted octanol–water partition coefficient (Wildman–Crippen LogP) is 5.12. The molecule has 2 heterocycles. The van der Waals surface area contributed by atoms with Crippen molar-refractivity contribution in [3.05, 3.63) is 53.0 Å². The fourth-order valence-corrected chi connectivity index (χ4v) is 5.28. The zero-order chi connectivity index (χ0) is 21.2. The Hall–Kier alpha value is -2.80. The van der Waals surface area contributed by atoms with Gasteiger partial charge >= 0.3 is 6.09 Å². The molecule has 162 valence electrons. The first-order valence-electron chi connectivity index (χ1n) is 10.8. The molecule has 2 aliphatic rings. The van der Waals surface area contributed by atoms with E-state index in [0.717, 1.165) is 47.8 Å². The van der Waals surface area contributed by atoms with Gasteiger partial charge < -0.3 is 19.1 Å². The summed E-state index contributed by atoms with van der Waals surface area (Å²) < 4.78 is 17.4. The molecule has 1 aliphatic heterocycles. The molecule has 1 aliphatic carbocycles. The lowest BCUT2D eigenvalue weighted by molar-refractivity contribution is 0.0985. The van der Waals surface area contributed by atoms with Crippen molar-refractivity contribution in [3.63, 3.8) is 0 Å². The summed E-state index contributed by atoms with van der Waals surface area (Å²) >= 11 is 1.50. The predicted molar refractivity (Wildman–Crippen MR) is 120 cm³/mol. The molecule has 0 N–H and O–H groups in total. The number of carbonyl (C=O) groups excluding carboxylic acids is 1. The zero-order valence-corrected chi connectivity index (χ0v) is 18.3. The molecule has 1 amide bonds. The standard InChI is InChI=1S/C24H26N2O4S/c1-2-28-20-5-3-16-4-6-21(10-17(16)9-20)30-22-11-18-13-26(14-19(18)12-22)24(27)29-15-23-25-7-8-31-23/h3-10,18-19,22H,2,11-15H2,1H3/t18-,19+,22?. The average molecular weight is 439 g/mol. The van der Waals surface area contributed by atoms with Gasteiger partial charge in [-0.25, -0.2) is 9.78 Å². The van der Waals surface area contributed by atoms with Crippen LogP contribution in [0.5, 0.6) is 11.5 Å². The van der Waals surface area contributed by atoms with Crippen LogP contribution in [0, 0.1) is 11.8 Å². The number of nitrogens with zero attached hydrogens (tertiary/aromatic N) is 2. The summed E-state index contributed by atoms with van der Waals surface area (Å²) in [7, 11) is 0. The highest BCUT2D eigenvalue weighted by Crippen LogP contribution is 2.40. The number of rotatable bonds is 6. The van der Waals surface area contributed by atoms with Crippen molar-refractivity contribution in [3.8, 4) is 11.5 Å². The van der Waals surface area contributed by atoms with Crippen LogP contribution in [-0.2, 0) is 11.3 Å². The van der Waals surface area contributed by atoms with E-state index in [-0.39, 0.29) is 18.8 Å². The highest BCUT2D eigenvalue weighted by Gasteiger charge is 2.43. The third-order valence-electron chi connectivity index (χ3n) is 6.17. The van der Waals surface area contributed by atoms with Crippen LogP contribution in [0.2, 0.25) is 0 Å². The summed E-state index contributed by atoms with van der Waals surface area (Å²) in [5.74, 6) is 2.72. The Labute approximate surface area is 185 Å². The summed E-state index contributed by atoms with van der Waals surface area (Å²) in [5, 5.41) is 5.00. The maximum atomic E-state index is 12.4. The second-order valence-corrected chi connectivity index (χ2v) is 9.20. The number of ether oxygens (including phenoxy) is 3. The van der Waals surface area contributed by atoms with E-state index < -0.39 is 0 Å². The first-order chi connectivity index (χ1) is 15.2. The maximum Gasteiger partial charge on any atom is 0.410 e. The Bertz CT molecular complexity index is 1040. The number of hydrogen-bond acceptors (Lipinski definition) is 6. The summed E-state index contributed by atoms with van der Waals surface area (Å²) in [6, 6.07) is 12.4. The minimum Gasteiger partial charge on any atom is -0.494 e. The van der Waals surface area contributed by atoms with Crippen molar-refractivity contribution in [2.45, 2.75) is 32.5 Å². The van der Waals surface area contributed by atoms with Gasteiger partial charge in [0.15, 0.2) is 0 Å². The van der Waals surface area contributed by atoms with Crippen LogP contribution >= 0.6 is 11.3 Å². The van der Waals surface area contributed by atoms with Gasteiger partial charge in [0.05, 0.1) is 12.7 Å². The molecule has 1 saturated heterocycles. The molecular formula is C24H26N2O4S. The molecule has 0 spiro atoms. The van der Waals surface area contributed by atoms with E-state index in [1.807, 2.05) is 29.3 Å². The molecule has 3 atom stereocenters. The number of likely N-dealkylation sites (tertiary alicyclic amines) is 1. The molecule has 1 unspecified atom stereocenters. The number of hydrogen-bond donors (Lipinski definition) is 0. The third kappa shape index (κ3) is 4.46. The quantitative estimate of drug-likeness (QED) is 0.535. The first kappa shape index (κ1) is 20.1. The molecular weight excluding hydrogens is 412 g/mol. The van der Waals surface area contributed by atoms with Crippen LogP contribution in [0.4, 0.5) is 4.79 Å². The highest BCUT2D eigenvalue weighted by molar-refractivity contribution is 7.09.